The molecule has 1 saturated carbocycles. The van der Waals surface area contributed by atoms with Crippen LogP contribution in [0.1, 0.15) is 43.6 Å². The van der Waals surface area contributed by atoms with E-state index in [4.69, 9.17) is 4.42 Å². The molecule has 18 heavy (non-hydrogen) atoms. The Hall–Kier alpha value is -1.84. The van der Waals surface area contributed by atoms with E-state index in [-0.39, 0.29) is 28.7 Å². The van der Waals surface area contributed by atoms with E-state index in [2.05, 4.69) is 0 Å². The Kier molecular flexibility index (Phi) is 2.58. The van der Waals surface area contributed by atoms with Gasteiger partial charge >= 0.3 is 0 Å². The van der Waals surface area contributed by atoms with Crippen LogP contribution in [-0.4, -0.2) is 15.3 Å². The molecule has 3 N–H and O–H groups in total. The molecule has 0 unspecified atom stereocenters. The SMILES string of the molecule is Oc1cc2c(O)coc2c(O)c1C1CCCCC1. The van der Waals surface area contributed by atoms with Crippen molar-refractivity contribution in [2.24, 2.45) is 0 Å². The van der Waals surface area contributed by atoms with Crippen LogP contribution in [0.4, 0.5) is 0 Å². The van der Waals surface area contributed by atoms with Gasteiger partial charge in [0.2, 0.25) is 0 Å². The lowest BCUT2D eigenvalue weighted by atomic mass is 9.83. The molecule has 96 valence electrons. The fraction of sp³-hybridized carbons (Fsp3) is 0.429. The molecule has 4 nitrogen and oxygen atoms in total. The Balaban J connectivity index is 2.16. The molecule has 1 aliphatic rings. The summed E-state index contributed by atoms with van der Waals surface area (Å²) in [7, 11) is 0. The highest BCUT2D eigenvalue weighted by atomic mass is 16.4. The Morgan fingerprint density at radius 1 is 1.00 bits per heavy atom. The van der Waals surface area contributed by atoms with Crippen LogP contribution < -0.4 is 0 Å². The molecule has 0 amide bonds. The average Bonchev–Trinajstić information content (AvgIpc) is 2.73. The molecule has 1 heterocycles. The molecule has 0 aliphatic heterocycles. The summed E-state index contributed by atoms with van der Waals surface area (Å²) in [6.07, 6.45) is 6.56. The van der Waals surface area contributed by atoms with E-state index >= 15 is 0 Å². The van der Waals surface area contributed by atoms with Gasteiger partial charge in [0, 0.05) is 5.56 Å². The monoisotopic (exact) mass is 248 g/mol. The number of aromatic hydroxyl groups is 3. The molecule has 0 atom stereocenters. The van der Waals surface area contributed by atoms with Gasteiger partial charge in [-0.25, -0.2) is 0 Å². The molecule has 0 bridgehead atoms. The Labute approximate surface area is 104 Å². The number of benzene rings is 1. The lowest BCUT2D eigenvalue weighted by Gasteiger charge is -2.23. The molecule has 0 spiro atoms. The first-order valence-corrected chi connectivity index (χ1v) is 6.33. The third kappa shape index (κ3) is 1.60. The van der Waals surface area contributed by atoms with Crippen LogP contribution in [-0.2, 0) is 0 Å². The summed E-state index contributed by atoms with van der Waals surface area (Å²) < 4.78 is 5.15. The van der Waals surface area contributed by atoms with Gasteiger partial charge in [0.05, 0.1) is 5.39 Å². The highest BCUT2D eigenvalue weighted by Crippen LogP contribution is 2.47. The summed E-state index contributed by atoms with van der Waals surface area (Å²) in [5.74, 6) is 0.127. The molecule has 1 fully saturated rings. The first kappa shape index (κ1) is 11.3. The van der Waals surface area contributed by atoms with Crippen LogP contribution in [0.2, 0.25) is 0 Å². The maximum atomic E-state index is 10.2. The minimum Gasteiger partial charge on any atom is -0.507 e. The van der Waals surface area contributed by atoms with Crippen molar-refractivity contribution in [1.82, 2.24) is 0 Å². The zero-order valence-electron chi connectivity index (χ0n) is 10.0. The van der Waals surface area contributed by atoms with Crippen LogP contribution in [0.15, 0.2) is 16.7 Å². The second-order valence-electron chi connectivity index (χ2n) is 4.99. The van der Waals surface area contributed by atoms with Crippen molar-refractivity contribution in [3.8, 4) is 17.2 Å². The molecule has 2 aromatic rings. The van der Waals surface area contributed by atoms with Gasteiger partial charge in [0.25, 0.3) is 0 Å². The quantitative estimate of drug-likeness (QED) is 0.721. The number of rotatable bonds is 1. The van der Waals surface area contributed by atoms with Gasteiger partial charge in [0.1, 0.15) is 12.0 Å². The van der Waals surface area contributed by atoms with Gasteiger partial charge in [0.15, 0.2) is 17.1 Å². The van der Waals surface area contributed by atoms with Crippen molar-refractivity contribution in [2.75, 3.05) is 0 Å². The summed E-state index contributed by atoms with van der Waals surface area (Å²) in [6.45, 7) is 0. The van der Waals surface area contributed by atoms with Crippen molar-refractivity contribution in [3.63, 3.8) is 0 Å². The van der Waals surface area contributed by atoms with Crippen LogP contribution in [0.25, 0.3) is 11.0 Å². The highest BCUT2D eigenvalue weighted by Gasteiger charge is 2.25. The maximum absolute atomic E-state index is 10.2. The Morgan fingerprint density at radius 3 is 2.44 bits per heavy atom. The molecule has 4 heteroatoms. The van der Waals surface area contributed by atoms with Gasteiger partial charge in [-0.15, -0.1) is 0 Å². The molecular weight excluding hydrogens is 232 g/mol. The normalized spacial score (nSPS) is 17.3. The predicted octanol–water partition coefficient (Wildman–Crippen LogP) is 3.60. The van der Waals surface area contributed by atoms with E-state index in [0.717, 1.165) is 25.7 Å². The summed E-state index contributed by atoms with van der Waals surface area (Å²) >= 11 is 0. The first-order chi connectivity index (χ1) is 8.68. The number of hydrogen-bond donors (Lipinski definition) is 3. The lowest BCUT2D eigenvalue weighted by Crippen LogP contribution is -2.05. The number of hydrogen-bond acceptors (Lipinski definition) is 4. The van der Waals surface area contributed by atoms with E-state index in [9.17, 15) is 15.3 Å². The third-order valence-corrected chi connectivity index (χ3v) is 3.85. The molecule has 0 radical (unpaired) electrons. The topological polar surface area (TPSA) is 73.8 Å². The van der Waals surface area contributed by atoms with Crippen molar-refractivity contribution >= 4 is 11.0 Å². The van der Waals surface area contributed by atoms with E-state index in [1.165, 1.54) is 18.8 Å². The van der Waals surface area contributed by atoms with Crippen LogP contribution in [0.5, 0.6) is 17.2 Å². The van der Waals surface area contributed by atoms with Crippen LogP contribution >= 0.6 is 0 Å². The molecule has 0 saturated heterocycles. The van der Waals surface area contributed by atoms with Crippen LogP contribution in [0, 0.1) is 0 Å². The van der Waals surface area contributed by atoms with E-state index < -0.39 is 0 Å². The Bertz CT molecular complexity index is 579. The minimum absolute atomic E-state index is 0.0304. The van der Waals surface area contributed by atoms with Gasteiger partial charge < -0.3 is 19.7 Å². The molecular formula is C14H16O4. The number of phenols is 2. The minimum atomic E-state index is -0.0641. The van der Waals surface area contributed by atoms with E-state index in [0.29, 0.717) is 10.9 Å². The second kappa shape index (κ2) is 4.12. The van der Waals surface area contributed by atoms with E-state index in [1.807, 2.05) is 0 Å². The van der Waals surface area contributed by atoms with Gasteiger partial charge in [-0.1, -0.05) is 19.3 Å². The van der Waals surface area contributed by atoms with Gasteiger partial charge in [-0.05, 0) is 24.8 Å². The van der Waals surface area contributed by atoms with E-state index in [1.54, 1.807) is 0 Å². The van der Waals surface area contributed by atoms with Crippen molar-refractivity contribution in [1.29, 1.82) is 0 Å². The summed E-state index contributed by atoms with van der Waals surface area (Å²) in [5, 5.41) is 30.2. The molecule has 3 rings (SSSR count). The maximum Gasteiger partial charge on any atom is 0.179 e. The van der Waals surface area contributed by atoms with Crippen molar-refractivity contribution in [2.45, 2.75) is 38.0 Å². The standard InChI is InChI=1S/C14H16O4/c15-10-6-9-11(16)7-18-14(9)13(17)12(10)8-4-2-1-3-5-8/h6-8,15-17H,1-5H2. The predicted molar refractivity (Wildman–Crippen MR) is 67.0 cm³/mol. The fourth-order valence-corrected chi connectivity index (χ4v) is 2.93. The van der Waals surface area contributed by atoms with Gasteiger partial charge in [-0.3, -0.25) is 0 Å². The fourth-order valence-electron chi connectivity index (χ4n) is 2.93. The molecule has 1 aromatic carbocycles. The van der Waals surface area contributed by atoms with Gasteiger partial charge in [-0.2, -0.15) is 0 Å². The number of fused-ring (bicyclic) bond motifs is 1. The first-order valence-electron chi connectivity index (χ1n) is 6.33. The number of phenolic OH excluding ortho intramolecular Hbond substituents is 2. The second-order valence-corrected chi connectivity index (χ2v) is 4.99. The molecule has 1 aliphatic carbocycles. The smallest absolute Gasteiger partial charge is 0.179 e. The summed E-state index contributed by atoms with van der Waals surface area (Å²) in [6, 6.07) is 1.47. The zero-order chi connectivity index (χ0) is 12.7. The third-order valence-electron chi connectivity index (χ3n) is 3.85. The Morgan fingerprint density at radius 2 is 1.72 bits per heavy atom. The lowest BCUT2D eigenvalue weighted by molar-refractivity contribution is 0.388. The average molecular weight is 248 g/mol. The van der Waals surface area contributed by atoms with Crippen molar-refractivity contribution in [3.05, 3.63) is 17.9 Å². The number of furan rings is 1. The molecule has 1 aromatic heterocycles. The largest absolute Gasteiger partial charge is 0.507 e. The summed E-state index contributed by atoms with van der Waals surface area (Å²) in [4.78, 5) is 0. The summed E-state index contributed by atoms with van der Waals surface area (Å²) in [5.41, 5.74) is 0.822. The van der Waals surface area contributed by atoms with Crippen LogP contribution in [0.3, 0.4) is 0 Å². The van der Waals surface area contributed by atoms with Crippen molar-refractivity contribution < 1.29 is 19.7 Å². The zero-order valence-corrected chi connectivity index (χ0v) is 10.0. The highest BCUT2D eigenvalue weighted by molar-refractivity contribution is 5.91.